The lowest BCUT2D eigenvalue weighted by Gasteiger charge is -2.00. The van der Waals surface area contributed by atoms with Crippen molar-refractivity contribution in [2.75, 3.05) is 0 Å². The molecule has 2 heterocycles. The highest BCUT2D eigenvalue weighted by molar-refractivity contribution is 5.93. The van der Waals surface area contributed by atoms with Crippen LogP contribution in [0.4, 0.5) is 0 Å². The summed E-state index contributed by atoms with van der Waals surface area (Å²) in [7, 11) is 0. The van der Waals surface area contributed by atoms with E-state index in [1.807, 2.05) is 6.07 Å². The summed E-state index contributed by atoms with van der Waals surface area (Å²) in [6.45, 7) is 2.39. The molecule has 0 radical (unpaired) electrons. The van der Waals surface area contributed by atoms with Gasteiger partial charge in [0.1, 0.15) is 0 Å². The Morgan fingerprint density at radius 1 is 1.44 bits per heavy atom. The molecular formula is C12H14N4O2. The van der Waals surface area contributed by atoms with E-state index in [9.17, 15) is 4.79 Å². The molecule has 18 heavy (non-hydrogen) atoms. The Hall–Kier alpha value is -2.24. The van der Waals surface area contributed by atoms with Gasteiger partial charge in [0, 0.05) is 6.07 Å². The van der Waals surface area contributed by atoms with Gasteiger partial charge in [0.25, 0.3) is 5.91 Å². The van der Waals surface area contributed by atoms with Crippen LogP contribution < -0.4 is 5.32 Å². The normalized spacial score (nSPS) is 10.3. The number of aromatic nitrogens is 3. The van der Waals surface area contributed by atoms with Crippen LogP contribution in [0, 0.1) is 0 Å². The van der Waals surface area contributed by atoms with Crippen molar-refractivity contribution in [3.05, 3.63) is 41.5 Å². The third-order valence-corrected chi connectivity index (χ3v) is 2.38. The number of nitrogens with zero attached hydrogens (tertiary/aromatic N) is 3. The number of amides is 1. The van der Waals surface area contributed by atoms with Gasteiger partial charge in [-0.05, 0) is 12.5 Å². The second kappa shape index (κ2) is 5.90. The molecule has 0 bridgehead atoms. The van der Waals surface area contributed by atoms with Gasteiger partial charge >= 0.3 is 0 Å². The Labute approximate surface area is 104 Å². The highest BCUT2D eigenvalue weighted by Gasteiger charge is 2.08. The van der Waals surface area contributed by atoms with E-state index < -0.39 is 0 Å². The van der Waals surface area contributed by atoms with E-state index in [1.165, 1.54) is 12.4 Å². The van der Waals surface area contributed by atoms with Gasteiger partial charge in [-0.15, -0.1) is 0 Å². The maximum atomic E-state index is 11.7. The van der Waals surface area contributed by atoms with Crippen LogP contribution in [0.2, 0.25) is 0 Å². The summed E-state index contributed by atoms with van der Waals surface area (Å²) in [5, 5.41) is 13.9. The zero-order chi connectivity index (χ0) is 12.8. The zero-order valence-electron chi connectivity index (χ0n) is 10.1. The molecule has 6 nitrogen and oxygen atoms in total. The van der Waals surface area contributed by atoms with Crippen LogP contribution in [0.3, 0.4) is 0 Å². The maximum absolute atomic E-state index is 11.7. The Bertz CT molecular complexity index is 510. The first-order chi connectivity index (χ1) is 8.79. The van der Waals surface area contributed by atoms with Crippen LogP contribution in [-0.4, -0.2) is 21.3 Å². The van der Waals surface area contributed by atoms with Crippen molar-refractivity contribution in [1.82, 2.24) is 20.7 Å². The minimum Gasteiger partial charge on any atom is -0.359 e. The quantitative estimate of drug-likeness (QED) is 0.861. The number of carbonyl (C=O) groups excluding carboxylic acids is 1. The summed E-state index contributed by atoms with van der Waals surface area (Å²) in [6.07, 6.45) is 4.79. The van der Waals surface area contributed by atoms with Crippen molar-refractivity contribution in [2.45, 2.75) is 26.3 Å². The fourth-order valence-corrected chi connectivity index (χ4v) is 1.51. The standard InChI is InChI=1S/C12H14N4O2/c1-2-3-10-6-11(18-16-10)8-13-12(17)9-4-5-14-15-7-9/h4-7H,2-3,8H2,1H3,(H,13,17). The van der Waals surface area contributed by atoms with Crippen LogP contribution in [0.5, 0.6) is 0 Å². The highest BCUT2D eigenvalue weighted by atomic mass is 16.5. The molecule has 2 aromatic rings. The van der Waals surface area contributed by atoms with E-state index >= 15 is 0 Å². The van der Waals surface area contributed by atoms with E-state index in [1.54, 1.807) is 6.07 Å². The zero-order valence-corrected chi connectivity index (χ0v) is 10.1. The molecule has 2 rings (SSSR count). The van der Waals surface area contributed by atoms with E-state index in [4.69, 9.17) is 4.52 Å². The van der Waals surface area contributed by atoms with Gasteiger partial charge in [0.05, 0.1) is 30.2 Å². The Kier molecular flexibility index (Phi) is 4.01. The van der Waals surface area contributed by atoms with Gasteiger partial charge in [-0.2, -0.15) is 10.2 Å². The average molecular weight is 246 g/mol. The predicted molar refractivity (Wildman–Crippen MR) is 63.7 cm³/mol. The van der Waals surface area contributed by atoms with Crippen molar-refractivity contribution >= 4 is 5.91 Å². The summed E-state index contributed by atoms with van der Waals surface area (Å²) in [6, 6.07) is 3.46. The lowest BCUT2D eigenvalue weighted by molar-refractivity contribution is 0.0946. The monoisotopic (exact) mass is 246 g/mol. The van der Waals surface area contributed by atoms with Gasteiger partial charge in [0.15, 0.2) is 5.76 Å². The van der Waals surface area contributed by atoms with Crippen LogP contribution in [-0.2, 0) is 13.0 Å². The van der Waals surface area contributed by atoms with Gasteiger partial charge in [0.2, 0.25) is 0 Å². The molecule has 0 spiro atoms. The van der Waals surface area contributed by atoms with E-state index in [0.717, 1.165) is 18.5 Å². The summed E-state index contributed by atoms with van der Waals surface area (Å²) >= 11 is 0. The number of carbonyl (C=O) groups is 1. The van der Waals surface area contributed by atoms with Crippen molar-refractivity contribution in [3.63, 3.8) is 0 Å². The Morgan fingerprint density at radius 3 is 3.06 bits per heavy atom. The molecule has 2 aromatic heterocycles. The van der Waals surface area contributed by atoms with Gasteiger partial charge in [-0.25, -0.2) is 0 Å². The fraction of sp³-hybridized carbons (Fsp3) is 0.333. The van der Waals surface area contributed by atoms with Crippen molar-refractivity contribution in [2.24, 2.45) is 0 Å². The van der Waals surface area contributed by atoms with Gasteiger partial charge in [-0.3, -0.25) is 4.79 Å². The Morgan fingerprint density at radius 2 is 2.33 bits per heavy atom. The smallest absolute Gasteiger partial charge is 0.253 e. The molecule has 0 saturated heterocycles. The van der Waals surface area contributed by atoms with E-state index in [0.29, 0.717) is 17.9 Å². The van der Waals surface area contributed by atoms with Crippen LogP contribution in [0.1, 0.15) is 35.2 Å². The molecule has 0 fully saturated rings. The molecule has 6 heteroatoms. The number of aryl methyl sites for hydroxylation is 1. The average Bonchev–Trinajstić information content (AvgIpc) is 2.85. The first-order valence-corrected chi connectivity index (χ1v) is 5.79. The van der Waals surface area contributed by atoms with Crippen molar-refractivity contribution < 1.29 is 9.32 Å². The highest BCUT2D eigenvalue weighted by Crippen LogP contribution is 2.06. The third kappa shape index (κ3) is 3.13. The van der Waals surface area contributed by atoms with Crippen LogP contribution in [0.15, 0.2) is 29.0 Å². The minimum atomic E-state index is -0.210. The third-order valence-electron chi connectivity index (χ3n) is 2.38. The first kappa shape index (κ1) is 12.2. The first-order valence-electron chi connectivity index (χ1n) is 5.79. The molecule has 0 saturated carbocycles. The van der Waals surface area contributed by atoms with E-state index in [-0.39, 0.29) is 5.91 Å². The molecule has 0 aliphatic carbocycles. The van der Waals surface area contributed by atoms with Gasteiger partial charge in [-0.1, -0.05) is 18.5 Å². The molecule has 0 unspecified atom stereocenters. The summed E-state index contributed by atoms with van der Waals surface area (Å²) in [4.78, 5) is 11.7. The second-order valence-corrected chi connectivity index (χ2v) is 3.85. The van der Waals surface area contributed by atoms with E-state index in [2.05, 4.69) is 27.6 Å². The number of rotatable bonds is 5. The number of nitrogens with one attached hydrogen (secondary N) is 1. The molecule has 1 amide bonds. The molecule has 94 valence electrons. The minimum absolute atomic E-state index is 0.210. The van der Waals surface area contributed by atoms with Gasteiger partial charge < -0.3 is 9.84 Å². The second-order valence-electron chi connectivity index (χ2n) is 3.85. The lowest BCUT2D eigenvalue weighted by Crippen LogP contribution is -2.22. The molecule has 0 aromatic carbocycles. The molecular weight excluding hydrogens is 232 g/mol. The van der Waals surface area contributed by atoms with Crippen LogP contribution in [0.25, 0.3) is 0 Å². The summed E-state index contributed by atoms with van der Waals surface area (Å²) in [5.74, 6) is 0.437. The number of hydrogen-bond donors (Lipinski definition) is 1. The number of hydrogen-bond acceptors (Lipinski definition) is 5. The fourth-order valence-electron chi connectivity index (χ4n) is 1.51. The predicted octanol–water partition coefficient (Wildman–Crippen LogP) is 1.35. The topological polar surface area (TPSA) is 80.9 Å². The van der Waals surface area contributed by atoms with Crippen molar-refractivity contribution in [3.8, 4) is 0 Å². The summed E-state index contributed by atoms with van der Waals surface area (Å²) < 4.78 is 5.11. The largest absolute Gasteiger partial charge is 0.359 e. The molecule has 0 atom stereocenters. The summed E-state index contributed by atoms with van der Waals surface area (Å²) in [5.41, 5.74) is 1.38. The van der Waals surface area contributed by atoms with Crippen LogP contribution >= 0.6 is 0 Å². The maximum Gasteiger partial charge on any atom is 0.253 e. The molecule has 0 aliphatic rings. The molecule has 0 aliphatic heterocycles. The Balaban J connectivity index is 1.89. The van der Waals surface area contributed by atoms with Crippen molar-refractivity contribution in [1.29, 1.82) is 0 Å². The lowest BCUT2D eigenvalue weighted by atomic mass is 10.2. The SMILES string of the molecule is CCCc1cc(CNC(=O)c2ccnnc2)on1. The molecule has 1 N–H and O–H groups in total.